The SMILES string of the molecule is COc1cccc(-c2cc(CNC3CC3)ccc2C)c1F. The molecule has 0 radical (unpaired) electrons. The lowest BCUT2D eigenvalue weighted by atomic mass is 9.97. The molecule has 2 nitrogen and oxygen atoms in total. The fourth-order valence-electron chi connectivity index (χ4n) is 2.50. The van der Waals surface area contributed by atoms with E-state index in [0.717, 1.165) is 17.7 Å². The van der Waals surface area contributed by atoms with Gasteiger partial charge in [0.25, 0.3) is 0 Å². The van der Waals surface area contributed by atoms with Crippen LogP contribution in [0.4, 0.5) is 4.39 Å². The first-order valence-electron chi connectivity index (χ1n) is 7.35. The minimum atomic E-state index is -0.296. The second-order valence-electron chi connectivity index (χ2n) is 5.63. The molecule has 0 heterocycles. The van der Waals surface area contributed by atoms with Crippen LogP contribution in [0.1, 0.15) is 24.0 Å². The predicted molar refractivity (Wildman–Crippen MR) is 83.0 cm³/mol. The van der Waals surface area contributed by atoms with Crippen LogP contribution in [0, 0.1) is 12.7 Å². The molecule has 21 heavy (non-hydrogen) atoms. The average Bonchev–Trinajstić information content (AvgIpc) is 3.31. The minimum absolute atomic E-state index is 0.286. The van der Waals surface area contributed by atoms with Crippen LogP contribution in [0.3, 0.4) is 0 Å². The summed E-state index contributed by atoms with van der Waals surface area (Å²) < 4.78 is 19.5. The maximum Gasteiger partial charge on any atom is 0.172 e. The van der Waals surface area contributed by atoms with E-state index in [0.29, 0.717) is 11.6 Å². The summed E-state index contributed by atoms with van der Waals surface area (Å²) in [7, 11) is 1.49. The number of hydrogen-bond acceptors (Lipinski definition) is 2. The Labute approximate surface area is 125 Å². The lowest BCUT2D eigenvalue weighted by Crippen LogP contribution is -2.15. The van der Waals surface area contributed by atoms with Crippen LogP contribution < -0.4 is 10.1 Å². The Morgan fingerprint density at radius 3 is 2.71 bits per heavy atom. The monoisotopic (exact) mass is 285 g/mol. The summed E-state index contributed by atoms with van der Waals surface area (Å²) in [4.78, 5) is 0. The van der Waals surface area contributed by atoms with Crippen LogP contribution >= 0.6 is 0 Å². The van der Waals surface area contributed by atoms with Gasteiger partial charge in [0.2, 0.25) is 0 Å². The molecule has 0 unspecified atom stereocenters. The Hall–Kier alpha value is -1.87. The van der Waals surface area contributed by atoms with Crippen LogP contribution in [0.5, 0.6) is 5.75 Å². The highest BCUT2D eigenvalue weighted by molar-refractivity contribution is 5.70. The number of ether oxygens (including phenoxy) is 1. The molecule has 1 aliphatic rings. The summed E-state index contributed by atoms with van der Waals surface area (Å²) in [5.41, 5.74) is 3.78. The number of rotatable bonds is 5. The Balaban J connectivity index is 1.94. The van der Waals surface area contributed by atoms with Crippen molar-refractivity contribution in [3.8, 4) is 16.9 Å². The Bertz CT molecular complexity index is 650. The third kappa shape index (κ3) is 3.08. The van der Waals surface area contributed by atoms with E-state index in [4.69, 9.17) is 4.74 Å². The van der Waals surface area contributed by atoms with Crippen LogP contribution in [0.25, 0.3) is 11.1 Å². The molecule has 0 bridgehead atoms. The van der Waals surface area contributed by atoms with Crippen LogP contribution in [0.15, 0.2) is 36.4 Å². The second-order valence-corrected chi connectivity index (χ2v) is 5.63. The lowest BCUT2D eigenvalue weighted by molar-refractivity contribution is 0.387. The van der Waals surface area contributed by atoms with E-state index in [1.807, 2.05) is 13.0 Å². The largest absolute Gasteiger partial charge is 0.494 e. The summed E-state index contributed by atoms with van der Waals surface area (Å²) in [6, 6.07) is 12.2. The van der Waals surface area contributed by atoms with Crippen molar-refractivity contribution in [1.82, 2.24) is 5.32 Å². The topological polar surface area (TPSA) is 21.3 Å². The van der Waals surface area contributed by atoms with Gasteiger partial charge in [0.1, 0.15) is 0 Å². The van der Waals surface area contributed by atoms with E-state index in [1.54, 1.807) is 12.1 Å². The molecule has 110 valence electrons. The van der Waals surface area contributed by atoms with Gasteiger partial charge in [-0.1, -0.05) is 24.3 Å². The van der Waals surface area contributed by atoms with Gasteiger partial charge in [-0.3, -0.25) is 0 Å². The standard InChI is InChI=1S/C18H20FNO/c1-12-6-7-13(11-20-14-8-9-14)10-16(12)15-4-3-5-17(21-2)18(15)19/h3-7,10,14,20H,8-9,11H2,1-2H3. The van der Waals surface area contributed by atoms with E-state index in [2.05, 4.69) is 23.5 Å². The molecule has 1 N–H and O–H groups in total. The molecule has 3 rings (SSSR count). The van der Waals surface area contributed by atoms with Gasteiger partial charge in [-0.25, -0.2) is 4.39 Å². The maximum absolute atomic E-state index is 14.5. The number of aryl methyl sites for hydroxylation is 1. The van der Waals surface area contributed by atoms with Gasteiger partial charge in [-0.2, -0.15) is 0 Å². The number of hydrogen-bond donors (Lipinski definition) is 1. The Morgan fingerprint density at radius 1 is 1.19 bits per heavy atom. The van der Waals surface area contributed by atoms with E-state index in [-0.39, 0.29) is 11.6 Å². The smallest absolute Gasteiger partial charge is 0.172 e. The average molecular weight is 285 g/mol. The van der Waals surface area contributed by atoms with Crippen molar-refractivity contribution < 1.29 is 9.13 Å². The molecule has 0 spiro atoms. The fourth-order valence-corrected chi connectivity index (χ4v) is 2.50. The molecule has 1 fully saturated rings. The lowest BCUT2D eigenvalue weighted by Gasteiger charge is -2.12. The molecular weight excluding hydrogens is 265 g/mol. The molecule has 0 saturated heterocycles. The van der Waals surface area contributed by atoms with Gasteiger partial charge < -0.3 is 10.1 Å². The van der Waals surface area contributed by atoms with Crippen molar-refractivity contribution in [1.29, 1.82) is 0 Å². The summed E-state index contributed by atoms with van der Waals surface area (Å²) in [5.74, 6) is -0.0104. The normalized spacial score (nSPS) is 14.2. The fraction of sp³-hybridized carbons (Fsp3) is 0.333. The number of methoxy groups -OCH3 is 1. The van der Waals surface area contributed by atoms with Gasteiger partial charge in [-0.05, 0) is 48.6 Å². The molecule has 0 atom stereocenters. The first-order chi connectivity index (χ1) is 10.2. The molecule has 3 heteroatoms. The predicted octanol–water partition coefficient (Wildman–Crippen LogP) is 4.06. The van der Waals surface area contributed by atoms with Crippen molar-refractivity contribution in [2.24, 2.45) is 0 Å². The van der Waals surface area contributed by atoms with Crippen molar-refractivity contribution in [2.45, 2.75) is 32.4 Å². The molecule has 2 aromatic carbocycles. The van der Waals surface area contributed by atoms with Crippen molar-refractivity contribution in [3.05, 3.63) is 53.3 Å². The summed E-state index contributed by atoms with van der Waals surface area (Å²) in [6.45, 7) is 2.84. The highest BCUT2D eigenvalue weighted by Gasteiger charge is 2.20. The van der Waals surface area contributed by atoms with E-state index in [9.17, 15) is 4.39 Å². The van der Waals surface area contributed by atoms with Gasteiger partial charge in [-0.15, -0.1) is 0 Å². The molecule has 0 amide bonds. The molecular formula is C18H20FNO. The van der Waals surface area contributed by atoms with E-state index < -0.39 is 0 Å². The summed E-state index contributed by atoms with van der Waals surface area (Å²) in [5, 5.41) is 3.49. The molecule has 2 aromatic rings. The molecule has 0 aliphatic heterocycles. The van der Waals surface area contributed by atoms with Gasteiger partial charge >= 0.3 is 0 Å². The maximum atomic E-state index is 14.5. The van der Waals surface area contributed by atoms with Crippen molar-refractivity contribution >= 4 is 0 Å². The zero-order valence-electron chi connectivity index (χ0n) is 12.4. The van der Waals surface area contributed by atoms with E-state index >= 15 is 0 Å². The number of nitrogens with one attached hydrogen (secondary N) is 1. The quantitative estimate of drug-likeness (QED) is 0.894. The second kappa shape index (κ2) is 5.86. The van der Waals surface area contributed by atoms with Gasteiger partial charge in [0, 0.05) is 18.2 Å². The highest BCUT2D eigenvalue weighted by Crippen LogP contribution is 2.31. The van der Waals surface area contributed by atoms with Gasteiger partial charge in [0.15, 0.2) is 11.6 Å². The van der Waals surface area contributed by atoms with Crippen LogP contribution in [-0.2, 0) is 6.54 Å². The van der Waals surface area contributed by atoms with Crippen LogP contribution in [-0.4, -0.2) is 13.2 Å². The van der Waals surface area contributed by atoms with Crippen molar-refractivity contribution in [3.63, 3.8) is 0 Å². The van der Waals surface area contributed by atoms with Crippen molar-refractivity contribution in [2.75, 3.05) is 7.11 Å². The number of benzene rings is 2. The zero-order valence-corrected chi connectivity index (χ0v) is 12.4. The Morgan fingerprint density at radius 2 is 2.00 bits per heavy atom. The third-order valence-corrected chi connectivity index (χ3v) is 3.95. The first-order valence-corrected chi connectivity index (χ1v) is 7.35. The summed E-state index contributed by atoms with van der Waals surface area (Å²) >= 11 is 0. The zero-order chi connectivity index (χ0) is 14.8. The number of halogens is 1. The summed E-state index contributed by atoms with van der Waals surface area (Å²) in [6.07, 6.45) is 2.53. The highest BCUT2D eigenvalue weighted by atomic mass is 19.1. The van der Waals surface area contributed by atoms with Crippen LogP contribution in [0.2, 0.25) is 0 Å². The van der Waals surface area contributed by atoms with E-state index in [1.165, 1.54) is 25.5 Å². The first kappa shape index (κ1) is 14.1. The third-order valence-electron chi connectivity index (χ3n) is 3.95. The molecule has 1 saturated carbocycles. The molecule has 0 aromatic heterocycles. The van der Waals surface area contributed by atoms with Gasteiger partial charge in [0.05, 0.1) is 7.11 Å². The minimum Gasteiger partial charge on any atom is -0.494 e. The molecule has 1 aliphatic carbocycles. The Kier molecular flexibility index (Phi) is 3.93.